The summed E-state index contributed by atoms with van der Waals surface area (Å²) in [4.78, 5) is 26.9. The van der Waals surface area contributed by atoms with Crippen molar-refractivity contribution in [3.63, 3.8) is 0 Å². The van der Waals surface area contributed by atoms with E-state index >= 15 is 0 Å². The van der Waals surface area contributed by atoms with E-state index in [4.69, 9.17) is 39.8 Å². The Morgan fingerprint density at radius 3 is 1.88 bits per heavy atom. The van der Waals surface area contributed by atoms with Crippen molar-refractivity contribution < 1.29 is 37.8 Å². The number of nitrogens with one attached hydrogen (secondary N) is 2. The molecule has 4 aromatic carbocycles. The molecule has 48 heavy (non-hydrogen) atoms. The second kappa shape index (κ2) is 15.7. The fourth-order valence-electron chi connectivity index (χ4n) is 4.80. The molecule has 0 aliphatic heterocycles. The van der Waals surface area contributed by atoms with Gasteiger partial charge in [0.05, 0.1) is 31.9 Å². The van der Waals surface area contributed by atoms with Crippen molar-refractivity contribution in [3.05, 3.63) is 112 Å². The smallest absolute Gasteiger partial charge is 0.275 e. The third kappa shape index (κ3) is 7.64. The number of ether oxygens (including phenoxy) is 5. The SMILES string of the molecule is CCNC(=O)c1noc(-c2cc(Cl)c(OCc3ccccc3)cc2OCc2ccccc2)c1NC(=O)c1cc(OC)c(OC)c(OC)c1. The summed E-state index contributed by atoms with van der Waals surface area (Å²) < 4.78 is 34.3. The molecule has 12 heteroatoms. The number of methoxy groups -OCH3 is 3. The van der Waals surface area contributed by atoms with Crippen LogP contribution in [0.5, 0.6) is 28.7 Å². The number of anilines is 1. The van der Waals surface area contributed by atoms with E-state index in [0.717, 1.165) is 11.1 Å². The Hall–Kier alpha value is -5.68. The molecule has 2 amide bonds. The van der Waals surface area contributed by atoms with E-state index in [1.807, 2.05) is 60.7 Å². The standard InChI is InChI=1S/C36H34ClN3O8/c1-5-38-36(42)32-31(39-35(41)24-16-29(43-2)34(45-4)30(17-24)44-3)33(48-40-32)25-18-26(37)28(47-21-23-14-10-7-11-15-23)19-27(25)46-20-22-12-8-6-9-13-22/h6-19H,5,20-21H2,1-4H3,(H,38,42)(H,39,41). The van der Waals surface area contributed by atoms with Crippen molar-refractivity contribution in [1.29, 1.82) is 0 Å². The van der Waals surface area contributed by atoms with Gasteiger partial charge < -0.3 is 38.8 Å². The summed E-state index contributed by atoms with van der Waals surface area (Å²) in [6.45, 7) is 2.53. The molecule has 0 bridgehead atoms. The zero-order chi connectivity index (χ0) is 34.0. The molecule has 0 unspecified atom stereocenters. The molecule has 11 nitrogen and oxygen atoms in total. The highest BCUT2D eigenvalue weighted by molar-refractivity contribution is 6.32. The topological polar surface area (TPSA) is 130 Å². The molecule has 5 rings (SSSR count). The number of hydrogen-bond acceptors (Lipinski definition) is 9. The maximum absolute atomic E-state index is 13.8. The van der Waals surface area contributed by atoms with E-state index in [-0.39, 0.29) is 52.4 Å². The number of amides is 2. The Morgan fingerprint density at radius 2 is 1.33 bits per heavy atom. The van der Waals surface area contributed by atoms with Crippen molar-refractivity contribution in [3.8, 4) is 40.1 Å². The normalized spacial score (nSPS) is 10.6. The molecular formula is C36H34ClN3O8. The van der Waals surface area contributed by atoms with Gasteiger partial charge in [0.1, 0.15) is 30.4 Å². The van der Waals surface area contributed by atoms with Crippen LogP contribution in [0.2, 0.25) is 5.02 Å². The number of halogens is 1. The van der Waals surface area contributed by atoms with E-state index in [9.17, 15) is 9.59 Å². The van der Waals surface area contributed by atoms with Crippen LogP contribution in [0, 0.1) is 0 Å². The summed E-state index contributed by atoms with van der Waals surface area (Å²) in [5, 5.41) is 9.78. The Kier molecular flexibility index (Phi) is 11.0. The van der Waals surface area contributed by atoms with E-state index < -0.39 is 11.8 Å². The molecule has 2 N–H and O–H groups in total. The molecule has 0 radical (unpaired) electrons. The molecule has 0 atom stereocenters. The van der Waals surface area contributed by atoms with E-state index in [1.165, 1.54) is 33.5 Å². The average Bonchev–Trinajstić information content (AvgIpc) is 3.53. The van der Waals surface area contributed by atoms with Crippen LogP contribution in [0.3, 0.4) is 0 Å². The quantitative estimate of drug-likeness (QED) is 0.126. The first-order valence-corrected chi connectivity index (χ1v) is 15.3. The Labute approximate surface area is 282 Å². The zero-order valence-corrected chi connectivity index (χ0v) is 27.6. The molecule has 0 aliphatic rings. The molecule has 0 saturated heterocycles. The number of rotatable bonds is 14. The highest BCUT2D eigenvalue weighted by atomic mass is 35.5. The number of carbonyl (C=O) groups is 2. The lowest BCUT2D eigenvalue weighted by molar-refractivity contribution is 0.0947. The van der Waals surface area contributed by atoms with E-state index in [0.29, 0.717) is 29.4 Å². The van der Waals surface area contributed by atoms with Crippen LogP contribution in [0.15, 0.2) is 89.5 Å². The van der Waals surface area contributed by atoms with Crippen LogP contribution in [-0.2, 0) is 13.2 Å². The van der Waals surface area contributed by atoms with Gasteiger partial charge in [-0.3, -0.25) is 9.59 Å². The van der Waals surface area contributed by atoms with Gasteiger partial charge in [-0.1, -0.05) is 77.4 Å². The summed E-state index contributed by atoms with van der Waals surface area (Å²) in [6, 6.07) is 25.4. The van der Waals surface area contributed by atoms with Crippen molar-refractivity contribution in [1.82, 2.24) is 10.5 Å². The van der Waals surface area contributed by atoms with Crippen LogP contribution in [0.25, 0.3) is 11.3 Å². The number of hydrogen-bond donors (Lipinski definition) is 2. The molecule has 0 spiro atoms. The monoisotopic (exact) mass is 671 g/mol. The molecule has 248 valence electrons. The van der Waals surface area contributed by atoms with Crippen LogP contribution in [0.1, 0.15) is 38.9 Å². The maximum atomic E-state index is 13.8. The minimum absolute atomic E-state index is 0.00159. The molecule has 5 aromatic rings. The molecule has 0 fully saturated rings. The van der Waals surface area contributed by atoms with Crippen LogP contribution in [-0.4, -0.2) is 44.8 Å². The second-order valence-corrected chi connectivity index (χ2v) is 10.7. The number of carbonyl (C=O) groups excluding carboxylic acids is 2. The third-order valence-corrected chi connectivity index (χ3v) is 7.46. The lowest BCUT2D eigenvalue weighted by atomic mass is 10.1. The van der Waals surface area contributed by atoms with Gasteiger partial charge in [0, 0.05) is 18.2 Å². The molecular weight excluding hydrogens is 638 g/mol. The number of benzene rings is 4. The number of nitrogens with zero attached hydrogens (tertiary/aromatic N) is 1. The van der Waals surface area contributed by atoms with E-state index in [1.54, 1.807) is 19.1 Å². The van der Waals surface area contributed by atoms with Crippen LogP contribution < -0.4 is 34.3 Å². The van der Waals surface area contributed by atoms with Crippen LogP contribution >= 0.6 is 11.6 Å². The fourth-order valence-corrected chi connectivity index (χ4v) is 5.02. The summed E-state index contributed by atoms with van der Waals surface area (Å²) in [5.74, 6) is 0.397. The molecule has 0 saturated carbocycles. The van der Waals surface area contributed by atoms with Crippen molar-refractivity contribution in [2.45, 2.75) is 20.1 Å². The fraction of sp³-hybridized carbons (Fsp3) is 0.194. The third-order valence-electron chi connectivity index (χ3n) is 7.16. The van der Waals surface area contributed by atoms with Gasteiger partial charge in [-0.05, 0) is 36.2 Å². The summed E-state index contributed by atoms with van der Waals surface area (Å²) >= 11 is 6.75. The lowest BCUT2D eigenvalue weighted by Crippen LogP contribution is -2.25. The predicted molar refractivity (Wildman–Crippen MR) is 181 cm³/mol. The molecule has 1 heterocycles. The van der Waals surface area contributed by atoms with Gasteiger partial charge in [0.25, 0.3) is 11.8 Å². The summed E-state index contributed by atoms with van der Waals surface area (Å²) in [5.41, 5.74) is 2.18. The van der Waals surface area contributed by atoms with Gasteiger partial charge in [-0.2, -0.15) is 0 Å². The first-order valence-electron chi connectivity index (χ1n) is 14.9. The van der Waals surface area contributed by atoms with Crippen LogP contribution in [0.4, 0.5) is 5.69 Å². The molecule has 1 aromatic heterocycles. The zero-order valence-electron chi connectivity index (χ0n) is 26.8. The van der Waals surface area contributed by atoms with Crippen molar-refractivity contribution >= 4 is 29.1 Å². The van der Waals surface area contributed by atoms with Crippen molar-refractivity contribution in [2.75, 3.05) is 33.2 Å². The lowest BCUT2D eigenvalue weighted by Gasteiger charge is -2.16. The second-order valence-electron chi connectivity index (χ2n) is 10.3. The van der Waals surface area contributed by atoms with Gasteiger partial charge in [-0.25, -0.2) is 0 Å². The highest BCUT2D eigenvalue weighted by Gasteiger charge is 2.29. The van der Waals surface area contributed by atoms with Crippen molar-refractivity contribution in [2.24, 2.45) is 0 Å². The maximum Gasteiger partial charge on any atom is 0.275 e. The first-order chi connectivity index (χ1) is 23.4. The Bertz CT molecular complexity index is 1850. The summed E-state index contributed by atoms with van der Waals surface area (Å²) in [6.07, 6.45) is 0. The largest absolute Gasteiger partial charge is 0.493 e. The Morgan fingerprint density at radius 1 is 0.750 bits per heavy atom. The van der Waals surface area contributed by atoms with Gasteiger partial charge >= 0.3 is 0 Å². The van der Waals surface area contributed by atoms with E-state index in [2.05, 4.69) is 15.8 Å². The average molecular weight is 672 g/mol. The minimum Gasteiger partial charge on any atom is -0.493 e. The molecule has 0 aliphatic carbocycles. The van der Waals surface area contributed by atoms with Gasteiger partial charge in [-0.15, -0.1) is 0 Å². The Balaban J connectivity index is 1.58. The first kappa shape index (κ1) is 33.7. The van der Waals surface area contributed by atoms with Gasteiger partial charge in [0.2, 0.25) is 5.75 Å². The minimum atomic E-state index is -0.607. The highest BCUT2D eigenvalue weighted by Crippen LogP contribution is 2.44. The summed E-state index contributed by atoms with van der Waals surface area (Å²) in [7, 11) is 4.35. The number of aromatic nitrogens is 1. The van der Waals surface area contributed by atoms with Gasteiger partial charge in [0.15, 0.2) is 23.0 Å². The predicted octanol–water partition coefficient (Wildman–Crippen LogP) is 7.18.